The summed E-state index contributed by atoms with van der Waals surface area (Å²) in [7, 11) is 0. The predicted molar refractivity (Wildman–Crippen MR) is 58.2 cm³/mol. The lowest BCUT2D eigenvalue weighted by Gasteiger charge is -2.03. The van der Waals surface area contributed by atoms with Gasteiger partial charge < -0.3 is 11.5 Å². The van der Waals surface area contributed by atoms with Crippen molar-refractivity contribution in [3.63, 3.8) is 0 Å². The quantitative estimate of drug-likeness (QED) is 0.778. The Morgan fingerprint density at radius 3 is 2.53 bits per heavy atom. The Balaban J connectivity index is 2.44. The third-order valence-electron chi connectivity index (χ3n) is 2.04. The molecule has 4 N–H and O–H groups in total. The molecule has 1 amide bonds. The van der Waals surface area contributed by atoms with Gasteiger partial charge in [0.2, 0.25) is 0 Å². The SMILES string of the molecule is NC(=O)c1cnc(-c2ccc(F)cn2)nc1N. The molecule has 0 aromatic carbocycles. The predicted octanol–water partition coefficient (Wildman–Crippen LogP) is 0.359. The average molecular weight is 233 g/mol. The molecule has 2 aromatic heterocycles. The molecule has 7 heteroatoms. The number of halogens is 1. The van der Waals surface area contributed by atoms with Crippen LogP contribution >= 0.6 is 0 Å². The van der Waals surface area contributed by atoms with Crippen molar-refractivity contribution >= 4 is 11.7 Å². The van der Waals surface area contributed by atoms with Crippen molar-refractivity contribution in [2.45, 2.75) is 0 Å². The van der Waals surface area contributed by atoms with Crippen LogP contribution in [0.4, 0.5) is 10.2 Å². The molecule has 0 aliphatic rings. The summed E-state index contributed by atoms with van der Waals surface area (Å²) in [5.74, 6) is -1.00. The molecule has 0 unspecified atom stereocenters. The molecule has 0 bridgehead atoms. The van der Waals surface area contributed by atoms with Crippen LogP contribution in [-0.2, 0) is 0 Å². The number of aromatic nitrogens is 3. The Labute approximate surface area is 95.5 Å². The second-order valence-electron chi connectivity index (χ2n) is 3.22. The fourth-order valence-electron chi connectivity index (χ4n) is 1.22. The largest absolute Gasteiger partial charge is 0.383 e. The van der Waals surface area contributed by atoms with Crippen LogP contribution in [0.1, 0.15) is 10.4 Å². The van der Waals surface area contributed by atoms with Gasteiger partial charge in [0.15, 0.2) is 5.82 Å². The summed E-state index contributed by atoms with van der Waals surface area (Å²) in [4.78, 5) is 22.5. The fraction of sp³-hybridized carbons (Fsp3) is 0. The summed E-state index contributed by atoms with van der Waals surface area (Å²) in [6.07, 6.45) is 2.25. The summed E-state index contributed by atoms with van der Waals surface area (Å²) >= 11 is 0. The minimum absolute atomic E-state index is 0.0337. The molecule has 6 nitrogen and oxygen atoms in total. The van der Waals surface area contributed by atoms with Gasteiger partial charge in [-0.3, -0.25) is 4.79 Å². The minimum atomic E-state index is -0.707. The summed E-state index contributed by atoms with van der Waals surface area (Å²) in [5, 5.41) is 0. The van der Waals surface area contributed by atoms with Gasteiger partial charge in [-0.25, -0.2) is 19.3 Å². The summed E-state index contributed by atoms with van der Waals surface area (Å²) < 4.78 is 12.7. The molecular weight excluding hydrogens is 225 g/mol. The van der Waals surface area contributed by atoms with E-state index in [0.29, 0.717) is 5.69 Å². The highest BCUT2D eigenvalue weighted by molar-refractivity contribution is 5.96. The summed E-state index contributed by atoms with van der Waals surface area (Å²) in [6.45, 7) is 0. The van der Waals surface area contributed by atoms with E-state index in [1.807, 2.05) is 0 Å². The van der Waals surface area contributed by atoms with Crippen molar-refractivity contribution in [3.05, 3.63) is 35.9 Å². The summed E-state index contributed by atoms with van der Waals surface area (Å²) in [6, 6.07) is 2.64. The van der Waals surface area contributed by atoms with E-state index in [1.165, 1.54) is 18.3 Å². The van der Waals surface area contributed by atoms with Crippen LogP contribution in [0.2, 0.25) is 0 Å². The van der Waals surface area contributed by atoms with Crippen LogP contribution in [0, 0.1) is 5.82 Å². The average Bonchev–Trinajstić information content (AvgIpc) is 2.29. The smallest absolute Gasteiger partial charge is 0.254 e. The number of carbonyl (C=O) groups excluding carboxylic acids is 1. The van der Waals surface area contributed by atoms with Crippen LogP contribution in [0.3, 0.4) is 0 Å². The lowest BCUT2D eigenvalue weighted by Crippen LogP contribution is -2.15. The first-order valence-corrected chi connectivity index (χ1v) is 4.62. The van der Waals surface area contributed by atoms with Crippen LogP contribution < -0.4 is 11.5 Å². The molecule has 0 aliphatic carbocycles. The number of rotatable bonds is 2. The number of nitrogens with two attached hydrogens (primary N) is 2. The van der Waals surface area contributed by atoms with E-state index in [2.05, 4.69) is 15.0 Å². The van der Waals surface area contributed by atoms with Gasteiger partial charge in [0, 0.05) is 6.20 Å². The van der Waals surface area contributed by atoms with Gasteiger partial charge in [-0.05, 0) is 12.1 Å². The van der Waals surface area contributed by atoms with Crippen LogP contribution in [-0.4, -0.2) is 20.9 Å². The molecule has 2 aromatic rings. The third kappa shape index (κ3) is 2.17. The minimum Gasteiger partial charge on any atom is -0.383 e. The topological polar surface area (TPSA) is 108 Å². The van der Waals surface area contributed by atoms with Crippen LogP contribution in [0.25, 0.3) is 11.5 Å². The molecule has 0 saturated heterocycles. The van der Waals surface area contributed by atoms with Crippen molar-refractivity contribution in [1.29, 1.82) is 0 Å². The molecule has 2 rings (SSSR count). The fourth-order valence-corrected chi connectivity index (χ4v) is 1.22. The van der Waals surface area contributed by atoms with Crippen molar-refractivity contribution in [2.75, 3.05) is 5.73 Å². The lowest BCUT2D eigenvalue weighted by molar-refractivity contribution is 0.100. The second kappa shape index (κ2) is 4.12. The van der Waals surface area contributed by atoms with Gasteiger partial charge in [-0.15, -0.1) is 0 Å². The first kappa shape index (κ1) is 10.9. The highest BCUT2D eigenvalue weighted by atomic mass is 19.1. The number of hydrogen-bond acceptors (Lipinski definition) is 5. The maximum Gasteiger partial charge on any atom is 0.254 e. The van der Waals surface area contributed by atoms with Crippen LogP contribution in [0.5, 0.6) is 0 Å². The van der Waals surface area contributed by atoms with E-state index in [9.17, 15) is 9.18 Å². The number of pyridine rings is 1. The van der Waals surface area contributed by atoms with Gasteiger partial charge >= 0.3 is 0 Å². The van der Waals surface area contributed by atoms with E-state index in [1.54, 1.807) is 0 Å². The zero-order valence-electron chi connectivity index (χ0n) is 8.59. The Bertz CT molecular complexity index is 569. The molecule has 0 spiro atoms. The number of hydrogen-bond donors (Lipinski definition) is 2. The Hall–Kier alpha value is -2.57. The van der Waals surface area contributed by atoms with Crippen LogP contribution in [0.15, 0.2) is 24.5 Å². The van der Waals surface area contributed by atoms with Crippen molar-refractivity contribution in [3.8, 4) is 11.5 Å². The monoisotopic (exact) mass is 233 g/mol. The van der Waals surface area contributed by atoms with Crippen molar-refractivity contribution < 1.29 is 9.18 Å². The summed E-state index contributed by atoms with van der Waals surface area (Å²) in [5.41, 5.74) is 11.0. The first-order valence-electron chi connectivity index (χ1n) is 4.62. The molecule has 0 radical (unpaired) electrons. The maximum atomic E-state index is 12.7. The van der Waals surface area contributed by atoms with Gasteiger partial charge in [-0.1, -0.05) is 0 Å². The molecule has 17 heavy (non-hydrogen) atoms. The standard InChI is InChI=1S/C10H8FN5O/c11-5-1-2-7(14-3-5)10-15-4-6(9(13)17)8(12)16-10/h1-4H,(H2,13,17)(H2,12,15,16). The lowest BCUT2D eigenvalue weighted by atomic mass is 10.2. The first-order chi connectivity index (χ1) is 8.08. The number of anilines is 1. The van der Waals surface area contributed by atoms with Gasteiger partial charge in [0.05, 0.1) is 11.8 Å². The number of primary amides is 1. The zero-order valence-corrected chi connectivity index (χ0v) is 8.59. The Morgan fingerprint density at radius 2 is 2.00 bits per heavy atom. The Kier molecular flexibility index (Phi) is 2.65. The van der Waals surface area contributed by atoms with Gasteiger partial charge in [0.25, 0.3) is 5.91 Å². The molecule has 0 atom stereocenters. The number of amides is 1. The van der Waals surface area contributed by atoms with Gasteiger partial charge in [0.1, 0.15) is 17.3 Å². The second-order valence-corrected chi connectivity index (χ2v) is 3.22. The number of nitrogen functional groups attached to an aromatic ring is 1. The molecule has 0 saturated carbocycles. The Morgan fingerprint density at radius 1 is 1.24 bits per heavy atom. The van der Waals surface area contributed by atoms with Crippen molar-refractivity contribution in [1.82, 2.24) is 15.0 Å². The third-order valence-corrected chi connectivity index (χ3v) is 2.04. The van der Waals surface area contributed by atoms with E-state index < -0.39 is 11.7 Å². The van der Waals surface area contributed by atoms with Crippen molar-refractivity contribution in [2.24, 2.45) is 5.73 Å². The van der Waals surface area contributed by atoms with E-state index >= 15 is 0 Å². The molecular formula is C10H8FN5O. The normalized spacial score (nSPS) is 10.2. The number of nitrogens with zero attached hydrogens (tertiary/aromatic N) is 3. The van der Waals surface area contributed by atoms with Gasteiger partial charge in [-0.2, -0.15) is 0 Å². The molecule has 86 valence electrons. The highest BCUT2D eigenvalue weighted by Crippen LogP contribution is 2.15. The zero-order chi connectivity index (χ0) is 12.4. The number of carbonyl (C=O) groups is 1. The molecule has 0 fully saturated rings. The molecule has 2 heterocycles. The molecule has 0 aliphatic heterocycles. The highest BCUT2D eigenvalue weighted by Gasteiger charge is 2.10. The van der Waals surface area contributed by atoms with E-state index in [-0.39, 0.29) is 17.2 Å². The maximum absolute atomic E-state index is 12.7. The van der Waals surface area contributed by atoms with E-state index in [4.69, 9.17) is 11.5 Å². The van der Waals surface area contributed by atoms with E-state index in [0.717, 1.165) is 6.20 Å².